The van der Waals surface area contributed by atoms with E-state index in [0.29, 0.717) is 23.8 Å². The summed E-state index contributed by atoms with van der Waals surface area (Å²) in [4.78, 5) is 84.7. The first kappa shape index (κ1) is 49.6. The number of nitrogens with two attached hydrogens (primary N) is 2. The minimum atomic E-state index is -5.52. The Bertz CT molecular complexity index is 2260. The zero-order valence-electron chi connectivity index (χ0n) is 33.4. The van der Waals surface area contributed by atoms with Gasteiger partial charge < -0.3 is 55.9 Å². The van der Waals surface area contributed by atoms with E-state index in [1.165, 1.54) is 6.08 Å². The fourth-order valence-electron chi connectivity index (χ4n) is 5.89. The molecule has 0 aliphatic carbocycles. The number of aromatic nitrogens is 6. The van der Waals surface area contributed by atoms with Crippen molar-refractivity contribution in [3.8, 4) is 0 Å². The molecule has 25 nitrogen and oxygen atoms in total. The minimum Gasteiger partial charge on any atom is -0.453 e. The van der Waals surface area contributed by atoms with Crippen LogP contribution in [-0.2, 0) is 52.9 Å². The van der Waals surface area contributed by atoms with Gasteiger partial charge in [0.2, 0.25) is 5.91 Å². The van der Waals surface area contributed by atoms with E-state index in [1.54, 1.807) is 0 Å². The summed E-state index contributed by atoms with van der Waals surface area (Å²) >= 11 is 0. The summed E-state index contributed by atoms with van der Waals surface area (Å²) in [6.07, 6.45) is -5.74. The van der Waals surface area contributed by atoms with Crippen LogP contribution in [0.4, 0.5) is 11.6 Å². The molecule has 0 saturated carbocycles. The average Bonchev–Trinajstić information content (AvgIpc) is 3.67. The van der Waals surface area contributed by atoms with Crippen molar-refractivity contribution >= 4 is 50.3 Å². The molecule has 1 unspecified atom stereocenters. The van der Waals surface area contributed by atoms with Crippen molar-refractivity contribution in [3.63, 3.8) is 0 Å². The van der Waals surface area contributed by atoms with Crippen LogP contribution in [0.3, 0.4) is 0 Å². The van der Waals surface area contributed by atoms with Crippen LogP contribution >= 0.6 is 15.6 Å². The molecule has 62 heavy (non-hydrogen) atoms. The van der Waals surface area contributed by atoms with E-state index < -0.39 is 89.3 Å². The van der Waals surface area contributed by atoms with Gasteiger partial charge in [0, 0.05) is 26.8 Å². The molecule has 10 N–H and O–H groups in total. The maximum atomic E-state index is 14.0. The average molecular weight is 914 g/mol. The number of nitrogen functional groups attached to an aromatic ring is 2. The maximum Gasteiger partial charge on any atom is 0.472 e. The monoisotopic (exact) mass is 913 g/mol. The van der Waals surface area contributed by atoms with E-state index in [0.717, 1.165) is 49.3 Å². The Kier molecular flexibility index (Phi) is 18.3. The summed E-state index contributed by atoms with van der Waals surface area (Å²) < 4.78 is 58.2. The fourth-order valence-corrected chi connectivity index (χ4v) is 7.18. The van der Waals surface area contributed by atoms with Crippen LogP contribution in [0, 0.1) is 0 Å². The molecule has 0 saturated heterocycles. The Hall–Kier alpha value is -5.01. The smallest absolute Gasteiger partial charge is 0.453 e. The number of carbonyl (C=O) groups excluding carboxylic acids is 2. The lowest BCUT2D eigenvalue weighted by molar-refractivity contribution is -0.179. The molecule has 8 atom stereocenters. The summed E-state index contributed by atoms with van der Waals surface area (Å²) in [5.74, 6) is -1.86. The van der Waals surface area contributed by atoms with Gasteiger partial charge in [0.25, 0.3) is 0 Å². The number of amides is 1. The molecule has 4 aromatic rings. The number of ether oxygens (including phenoxy) is 3. The largest absolute Gasteiger partial charge is 0.472 e. The van der Waals surface area contributed by atoms with Crippen molar-refractivity contribution in [2.45, 2.75) is 75.0 Å². The van der Waals surface area contributed by atoms with Crippen molar-refractivity contribution in [1.82, 2.24) is 34.4 Å². The van der Waals surface area contributed by atoms with E-state index in [-0.39, 0.29) is 35.6 Å². The standard InChI is InChI=1S/C35H49N9O16P2/c1-4-5-14-26(45)41-22(13-9-12-21-10-7-6-8-11-21)34(48)59-28(32(46)44-20-40-27-30(37)38-19-39-31(27)44)23(55-2)18-58-62(53,54)60-29(24(56-3)17-57-61(50,51)52)33(47)43-16-15-25(36)42-35(43)49/h4,6-8,10-11,15-16,19-20,22-24,28-29,32-33,46-47H,1,5,9,12-14,17-18H2,2-3H3,(H,41,45)(H,53,54)(H2,36,42,49)(H2,37,38,39)(H2,50,51,52)/t22-,23+,24+,28+,29+,32+,33+/m0/s1. The number of imidazole rings is 1. The van der Waals surface area contributed by atoms with E-state index in [4.69, 9.17) is 34.7 Å². The lowest BCUT2D eigenvalue weighted by atomic mass is 10.0. The van der Waals surface area contributed by atoms with Gasteiger partial charge in [-0.25, -0.2) is 33.7 Å². The third kappa shape index (κ3) is 14.3. The number of aryl methyl sites for hydroxylation is 1. The topological polar surface area (TPSA) is 367 Å². The predicted octanol–water partition coefficient (Wildman–Crippen LogP) is 0.257. The number of allylic oxidation sites excluding steroid dienone is 1. The molecule has 3 heterocycles. The number of carbonyl (C=O) groups is 2. The molecular formula is C35H49N9O16P2. The Balaban J connectivity index is 1.66. The van der Waals surface area contributed by atoms with Gasteiger partial charge in [0.15, 0.2) is 30.0 Å². The Morgan fingerprint density at radius 2 is 1.60 bits per heavy atom. The number of methoxy groups -OCH3 is 2. The highest BCUT2D eigenvalue weighted by molar-refractivity contribution is 7.47. The van der Waals surface area contributed by atoms with Gasteiger partial charge in [0.05, 0.1) is 19.5 Å². The summed E-state index contributed by atoms with van der Waals surface area (Å²) in [6, 6.07) is 9.15. The zero-order valence-corrected chi connectivity index (χ0v) is 35.2. The quantitative estimate of drug-likeness (QED) is 0.0238. The van der Waals surface area contributed by atoms with Gasteiger partial charge in [0.1, 0.15) is 42.0 Å². The van der Waals surface area contributed by atoms with Gasteiger partial charge in [-0.15, -0.1) is 6.58 Å². The first-order valence-electron chi connectivity index (χ1n) is 18.6. The number of aliphatic hydroxyl groups is 2. The number of fused-ring (bicyclic) bond motifs is 1. The van der Waals surface area contributed by atoms with Crippen LogP contribution in [0.1, 0.15) is 43.7 Å². The first-order valence-corrected chi connectivity index (χ1v) is 21.6. The number of nitrogens with zero attached hydrogens (tertiary/aromatic N) is 6. The lowest BCUT2D eigenvalue weighted by Crippen LogP contribution is -2.48. The van der Waals surface area contributed by atoms with Gasteiger partial charge in [-0.1, -0.05) is 36.4 Å². The van der Waals surface area contributed by atoms with Crippen LogP contribution in [-0.4, -0.2) is 124 Å². The number of benzene rings is 1. The van der Waals surface area contributed by atoms with E-state index in [1.807, 2.05) is 30.3 Å². The predicted molar refractivity (Wildman–Crippen MR) is 216 cm³/mol. The van der Waals surface area contributed by atoms with Crippen LogP contribution in [0.2, 0.25) is 0 Å². The molecule has 0 spiro atoms. The summed E-state index contributed by atoms with van der Waals surface area (Å²) in [7, 11) is -8.66. The van der Waals surface area contributed by atoms with E-state index in [2.05, 4.69) is 36.4 Å². The molecule has 0 radical (unpaired) electrons. The molecule has 4 rings (SSSR count). The highest BCUT2D eigenvalue weighted by atomic mass is 31.2. The van der Waals surface area contributed by atoms with Crippen LogP contribution in [0.5, 0.6) is 0 Å². The second kappa shape index (κ2) is 22.9. The number of phosphoric ester groups is 2. The number of aliphatic hydroxyl groups excluding tert-OH is 2. The molecule has 0 bridgehead atoms. The lowest BCUT2D eigenvalue weighted by Gasteiger charge is -2.33. The van der Waals surface area contributed by atoms with Crippen molar-refractivity contribution < 1.29 is 71.4 Å². The number of nitrogens with one attached hydrogen (secondary N) is 1. The molecule has 340 valence electrons. The third-order valence-electron chi connectivity index (χ3n) is 9.05. The van der Waals surface area contributed by atoms with Crippen LogP contribution < -0.4 is 22.5 Å². The van der Waals surface area contributed by atoms with Crippen LogP contribution in [0.25, 0.3) is 11.2 Å². The molecule has 27 heteroatoms. The third-order valence-corrected chi connectivity index (χ3v) is 10.5. The Morgan fingerprint density at radius 1 is 0.935 bits per heavy atom. The summed E-state index contributed by atoms with van der Waals surface area (Å²) in [5, 5.41) is 25.7. The summed E-state index contributed by atoms with van der Waals surface area (Å²) in [6.45, 7) is 1.52. The number of hydrogen-bond donors (Lipinski definition) is 8. The van der Waals surface area contributed by atoms with Gasteiger partial charge in [-0.3, -0.25) is 27.5 Å². The molecule has 1 aromatic carbocycles. The highest BCUT2D eigenvalue weighted by Gasteiger charge is 2.42. The number of phosphoric acid groups is 2. The second-order valence-corrected chi connectivity index (χ2v) is 16.0. The number of rotatable bonds is 26. The van der Waals surface area contributed by atoms with Gasteiger partial charge >= 0.3 is 27.3 Å². The van der Waals surface area contributed by atoms with E-state index >= 15 is 0 Å². The number of anilines is 2. The van der Waals surface area contributed by atoms with Gasteiger partial charge in [-0.2, -0.15) is 4.98 Å². The van der Waals surface area contributed by atoms with Crippen molar-refractivity contribution in [2.24, 2.45) is 0 Å². The number of esters is 1. The Labute approximate surface area is 353 Å². The highest BCUT2D eigenvalue weighted by Crippen LogP contribution is 2.48. The maximum absolute atomic E-state index is 14.0. The molecule has 0 aliphatic rings. The summed E-state index contributed by atoms with van der Waals surface area (Å²) in [5.41, 5.74) is 11.3. The van der Waals surface area contributed by atoms with Crippen molar-refractivity contribution in [3.05, 3.63) is 84.0 Å². The molecule has 3 aromatic heterocycles. The Morgan fingerprint density at radius 3 is 2.24 bits per heavy atom. The van der Waals surface area contributed by atoms with Crippen LogP contribution in [0.15, 0.2) is 72.7 Å². The normalized spacial score (nSPS) is 16.3. The number of hydrogen-bond acceptors (Lipinski definition) is 19. The van der Waals surface area contributed by atoms with Crippen molar-refractivity contribution in [1.29, 1.82) is 0 Å². The zero-order chi connectivity index (χ0) is 45.6. The first-order chi connectivity index (χ1) is 29.4. The van der Waals surface area contributed by atoms with Crippen molar-refractivity contribution in [2.75, 3.05) is 38.9 Å². The molecule has 0 aliphatic heterocycles. The molecule has 1 amide bonds. The van der Waals surface area contributed by atoms with Gasteiger partial charge in [-0.05, 0) is 37.3 Å². The van der Waals surface area contributed by atoms with E-state index in [9.17, 15) is 48.4 Å². The molecule has 0 fully saturated rings. The fraction of sp³-hybridized carbons (Fsp3) is 0.457. The minimum absolute atomic E-state index is 0.00494. The SMILES string of the molecule is C=CCCC(=O)N[C@@H](CCCc1ccccc1)C(=O)O[C@@H]([C@@H](O)n1cnc2c(N)ncnc21)[C@@H](COP(=O)(O)O[C@@H]([C@@H](O)n1ccc(N)nc1=O)[C@@H](COP(=O)(O)O)OC)OC. The second-order valence-electron chi connectivity index (χ2n) is 13.3. The molecular weight excluding hydrogens is 864 g/mol.